The van der Waals surface area contributed by atoms with E-state index in [0.717, 1.165) is 61.0 Å². The molecule has 2 N–H and O–H groups in total. The van der Waals surface area contributed by atoms with E-state index in [2.05, 4.69) is 32.3 Å². The highest BCUT2D eigenvalue weighted by Crippen LogP contribution is 2.36. The molecule has 0 bridgehead atoms. The molecule has 0 saturated heterocycles. The molecular formula is C28H21FN4O. The van der Waals surface area contributed by atoms with E-state index in [1.807, 2.05) is 55.6 Å². The molecule has 0 amide bonds. The van der Waals surface area contributed by atoms with Gasteiger partial charge in [0.15, 0.2) is 0 Å². The zero-order valence-electron chi connectivity index (χ0n) is 18.7. The summed E-state index contributed by atoms with van der Waals surface area (Å²) in [7, 11) is 1.63. The van der Waals surface area contributed by atoms with Crippen LogP contribution in [0.3, 0.4) is 0 Å². The van der Waals surface area contributed by atoms with Gasteiger partial charge in [0, 0.05) is 28.0 Å². The SMILES string of the molecule is COc1cncc(-c2ccc3[nH]nc(-c4cc5c(-c6cc(C)cc(F)c6)cccc5[nH]4)c3c2)c1. The molecule has 166 valence electrons. The van der Waals surface area contributed by atoms with Gasteiger partial charge < -0.3 is 9.72 Å². The van der Waals surface area contributed by atoms with Gasteiger partial charge in [0.05, 0.1) is 24.5 Å². The van der Waals surface area contributed by atoms with E-state index < -0.39 is 0 Å². The summed E-state index contributed by atoms with van der Waals surface area (Å²) in [6.07, 6.45) is 3.51. The number of hydrogen-bond acceptors (Lipinski definition) is 3. The zero-order chi connectivity index (χ0) is 23.2. The van der Waals surface area contributed by atoms with Crippen molar-refractivity contribution in [3.05, 3.63) is 90.5 Å². The number of aromatic nitrogens is 4. The molecule has 0 aliphatic carbocycles. The average Bonchev–Trinajstić information content (AvgIpc) is 3.46. The fourth-order valence-electron chi connectivity index (χ4n) is 4.51. The third-order valence-electron chi connectivity index (χ3n) is 6.12. The van der Waals surface area contributed by atoms with Crippen LogP contribution in [-0.4, -0.2) is 27.3 Å². The minimum absolute atomic E-state index is 0.236. The van der Waals surface area contributed by atoms with Crippen molar-refractivity contribution >= 4 is 21.8 Å². The molecule has 3 heterocycles. The number of nitrogens with one attached hydrogen (secondary N) is 2. The van der Waals surface area contributed by atoms with Gasteiger partial charge in [-0.3, -0.25) is 10.1 Å². The van der Waals surface area contributed by atoms with Crippen LogP contribution in [0.1, 0.15) is 5.56 Å². The molecule has 0 fully saturated rings. The molecule has 0 aliphatic rings. The lowest BCUT2D eigenvalue weighted by atomic mass is 9.99. The Hall–Kier alpha value is -4.45. The van der Waals surface area contributed by atoms with Crippen LogP contribution < -0.4 is 4.74 Å². The van der Waals surface area contributed by atoms with Crippen molar-refractivity contribution in [3.63, 3.8) is 0 Å². The Labute approximate surface area is 195 Å². The fraction of sp³-hybridized carbons (Fsp3) is 0.0714. The molecule has 5 nitrogen and oxygen atoms in total. The van der Waals surface area contributed by atoms with Gasteiger partial charge in [0.1, 0.15) is 17.3 Å². The maximum atomic E-state index is 14.1. The second-order valence-corrected chi connectivity index (χ2v) is 8.41. The van der Waals surface area contributed by atoms with Crippen LogP contribution in [0.5, 0.6) is 5.75 Å². The summed E-state index contributed by atoms with van der Waals surface area (Å²) in [6, 6.07) is 21.3. The lowest BCUT2D eigenvalue weighted by Gasteiger charge is -2.05. The lowest BCUT2D eigenvalue weighted by Crippen LogP contribution is -1.86. The van der Waals surface area contributed by atoms with Crippen molar-refractivity contribution in [1.82, 2.24) is 20.2 Å². The zero-order valence-corrected chi connectivity index (χ0v) is 18.7. The second-order valence-electron chi connectivity index (χ2n) is 8.41. The Morgan fingerprint density at radius 1 is 0.824 bits per heavy atom. The molecule has 3 aromatic heterocycles. The minimum atomic E-state index is -0.236. The van der Waals surface area contributed by atoms with Crippen LogP contribution >= 0.6 is 0 Å². The highest BCUT2D eigenvalue weighted by molar-refractivity contribution is 6.01. The predicted octanol–water partition coefficient (Wildman–Crippen LogP) is 6.90. The van der Waals surface area contributed by atoms with Crippen molar-refractivity contribution in [2.24, 2.45) is 0 Å². The minimum Gasteiger partial charge on any atom is -0.495 e. The number of aryl methyl sites for hydroxylation is 1. The van der Waals surface area contributed by atoms with E-state index in [1.54, 1.807) is 19.4 Å². The number of aromatic amines is 2. The first-order chi connectivity index (χ1) is 16.6. The summed E-state index contributed by atoms with van der Waals surface area (Å²) in [5.74, 6) is 0.473. The van der Waals surface area contributed by atoms with Crippen LogP contribution in [-0.2, 0) is 0 Å². The van der Waals surface area contributed by atoms with E-state index in [9.17, 15) is 4.39 Å². The number of benzene rings is 3. The largest absolute Gasteiger partial charge is 0.495 e. The summed E-state index contributed by atoms with van der Waals surface area (Å²) in [6.45, 7) is 1.90. The van der Waals surface area contributed by atoms with E-state index in [1.165, 1.54) is 6.07 Å². The van der Waals surface area contributed by atoms with Crippen molar-refractivity contribution < 1.29 is 9.13 Å². The van der Waals surface area contributed by atoms with E-state index >= 15 is 0 Å². The van der Waals surface area contributed by atoms with Crippen LogP contribution in [0, 0.1) is 12.7 Å². The Bertz CT molecular complexity index is 1660. The standard InChI is InChI=1S/C28H21FN4O/c1-16-8-18(10-20(29)9-16)22-4-3-5-25-23(22)13-27(31-25)28-24-12-17(6-7-26(24)32-33-28)19-11-21(34-2)15-30-14-19/h3-15,31H,1-2H3,(H,32,33). The van der Waals surface area contributed by atoms with E-state index in [0.29, 0.717) is 5.75 Å². The van der Waals surface area contributed by atoms with Gasteiger partial charge in [0.25, 0.3) is 0 Å². The lowest BCUT2D eigenvalue weighted by molar-refractivity contribution is 0.413. The van der Waals surface area contributed by atoms with Crippen LogP contribution in [0.2, 0.25) is 0 Å². The topological polar surface area (TPSA) is 66.6 Å². The average molecular weight is 449 g/mol. The molecule has 0 unspecified atom stereocenters. The first-order valence-corrected chi connectivity index (χ1v) is 11.0. The van der Waals surface area contributed by atoms with Crippen LogP contribution in [0.4, 0.5) is 4.39 Å². The third-order valence-corrected chi connectivity index (χ3v) is 6.12. The normalized spacial score (nSPS) is 11.4. The van der Waals surface area contributed by atoms with Crippen molar-refractivity contribution in [3.8, 4) is 39.4 Å². The molecule has 0 atom stereocenters. The Morgan fingerprint density at radius 3 is 2.59 bits per heavy atom. The third kappa shape index (κ3) is 3.40. The summed E-state index contributed by atoms with van der Waals surface area (Å²) < 4.78 is 19.4. The molecule has 0 saturated carbocycles. The summed E-state index contributed by atoms with van der Waals surface area (Å²) in [4.78, 5) is 7.78. The second kappa shape index (κ2) is 7.85. The Balaban J connectivity index is 1.49. The Kier molecular flexibility index (Phi) is 4.66. The van der Waals surface area contributed by atoms with Crippen LogP contribution in [0.15, 0.2) is 79.1 Å². The summed E-state index contributed by atoms with van der Waals surface area (Å²) in [5, 5.41) is 9.75. The predicted molar refractivity (Wildman–Crippen MR) is 133 cm³/mol. The van der Waals surface area contributed by atoms with Crippen molar-refractivity contribution in [1.29, 1.82) is 0 Å². The van der Waals surface area contributed by atoms with E-state index in [-0.39, 0.29) is 5.82 Å². The molecule has 6 heteroatoms. The molecule has 0 radical (unpaired) electrons. The quantitative estimate of drug-likeness (QED) is 0.308. The number of pyridine rings is 1. The summed E-state index contributed by atoms with van der Waals surface area (Å²) in [5.41, 5.74) is 8.34. The molecule has 6 rings (SSSR count). The smallest absolute Gasteiger partial charge is 0.137 e. The number of methoxy groups -OCH3 is 1. The molecule has 34 heavy (non-hydrogen) atoms. The van der Waals surface area contributed by atoms with Gasteiger partial charge in [-0.2, -0.15) is 5.10 Å². The molecule has 6 aromatic rings. The number of H-pyrrole nitrogens is 2. The number of halogens is 1. The Morgan fingerprint density at radius 2 is 1.74 bits per heavy atom. The van der Waals surface area contributed by atoms with Crippen molar-refractivity contribution in [2.75, 3.05) is 7.11 Å². The maximum absolute atomic E-state index is 14.1. The van der Waals surface area contributed by atoms with Gasteiger partial charge in [-0.15, -0.1) is 0 Å². The first-order valence-electron chi connectivity index (χ1n) is 11.0. The van der Waals surface area contributed by atoms with Gasteiger partial charge in [-0.05, 0) is 71.6 Å². The number of ether oxygens (including phenoxy) is 1. The number of hydrogen-bond donors (Lipinski definition) is 2. The van der Waals surface area contributed by atoms with Gasteiger partial charge in [0.2, 0.25) is 0 Å². The number of rotatable bonds is 4. The molecule has 3 aromatic carbocycles. The molecular weight excluding hydrogens is 427 g/mol. The highest BCUT2D eigenvalue weighted by atomic mass is 19.1. The van der Waals surface area contributed by atoms with Crippen molar-refractivity contribution in [2.45, 2.75) is 6.92 Å². The number of nitrogens with zero attached hydrogens (tertiary/aromatic N) is 2. The molecule has 0 spiro atoms. The summed E-state index contributed by atoms with van der Waals surface area (Å²) >= 11 is 0. The molecule has 0 aliphatic heterocycles. The van der Waals surface area contributed by atoms with Gasteiger partial charge in [-0.1, -0.05) is 24.3 Å². The van der Waals surface area contributed by atoms with E-state index in [4.69, 9.17) is 4.74 Å². The van der Waals surface area contributed by atoms with Gasteiger partial charge >= 0.3 is 0 Å². The van der Waals surface area contributed by atoms with Gasteiger partial charge in [-0.25, -0.2) is 4.39 Å². The fourth-order valence-corrected chi connectivity index (χ4v) is 4.51. The highest BCUT2D eigenvalue weighted by Gasteiger charge is 2.15. The number of fused-ring (bicyclic) bond motifs is 2. The maximum Gasteiger partial charge on any atom is 0.137 e. The monoisotopic (exact) mass is 448 g/mol. The van der Waals surface area contributed by atoms with Crippen LogP contribution in [0.25, 0.3) is 55.4 Å². The first kappa shape index (κ1) is 20.2.